The van der Waals surface area contributed by atoms with Crippen LogP contribution in [0.2, 0.25) is 0 Å². The smallest absolute Gasteiger partial charge is 0.228 e. The normalized spacial score (nSPS) is 25.0. The molecule has 24 heavy (non-hydrogen) atoms. The minimum atomic E-state index is -0.413. The average molecular weight is 326 g/mol. The van der Waals surface area contributed by atoms with Crippen molar-refractivity contribution < 1.29 is 14.7 Å². The Hall–Kier alpha value is -1.90. The van der Waals surface area contributed by atoms with Crippen molar-refractivity contribution >= 4 is 11.6 Å². The third-order valence-electron chi connectivity index (χ3n) is 5.76. The van der Waals surface area contributed by atoms with Crippen molar-refractivity contribution in [2.75, 3.05) is 0 Å². The molecule has 0 radical (unpaired) electrons. The summed E-state index contributed by atoms with van der Waals surface area (Å²) in [4.78, 5) is 25.0. The van der Waals surface area contributed by atoms with Gasteiger partial charge in [0.2, 0.25) is 5.78 Å². The van der Waals surface area contributed by atoms with Crippen molar-refractivity contribution in [2.45, 2.75) is 52.9 Å². The quantitative estimate of drug-likeness (QED) is 0.820. The number of allylic oxidation sites excluding steroid dienone is 2. The van der Waals surface area contributed by atoms with E-state index in [4.69, 9.17) is 0 Å². The second-order valence-corrected chi connectivity index (χ2v) is 8.32. The van der Waals surface area contributed by atoms with E-state index < -0.39 is 5.78 Å². The Kier molecular flexibility index (Phi) is 4.37. The zero-order valence-electron chi connectivity index (χ0n) is 14.8. The molecule has 3 rings (SSSR count). The minimum absolute atomic E-state index is 0.180. The number of ketones is 2. The number of hydrogen-bond acceptors (Lipinski definition) is 3. The van der Waals surface area contributed by atoms with E-state index in [2.05, 4.69) is 20.8 Å². The van der Waals surface area contributed by atoms with E-state index in [1.54, 1.807) is 24.3 Å². The van der Waals surface area contributed by atoms with E-state index in [1.807, 2.05) is 0 Å². The van der Waals surface area contributed by atoms with Gasteiger partial charge < -0.3 is 5.11 Å². The molecule has 1 aromatic carbocycles. The van der Waals surface area contributed by atoms with Gasteiger partial charge in [-0.3, -0.25) is 9.59 Å². The maximum Gasteiger partial charge on any atom is 0.228 e. The van der Waals surface area contributed by atoms with Crippen LogP contribution in [0.4, 0.5) is 0 Å². The van der Waals surface area contributed by atoms with Crippen molar-refractivity contribution in [1.29, 1.82) is 0 Å². The van der Waals surface area contributed by atoms with Crippen LogP contribution in [0.15, 0.2) is 35.6 Å². The van der Waals surface area contributed by atoms with Crippen molar-refractivity contribution in [3.05, 3.63) is 46.7 Å². The molecule has 2 aliphatic rings. The van der Waals surface area contributed by atoms with Crippen LogP contribution in [0.1, 0.15) is 73.6 Å². The van der Waals surface area contributed by atoms with Crippen LogP contribution in [0.5, 0.6) is 0 Å². The first-order valence-electron chi connectivity index (χ1n) is 8.89. The third-order valence-corrected chi connectivity index (χ3v) is 5.76. The molecule has 1 aromatic rings. The van der Waals surface area contributed by atoms with Crippen molar-refractivity contribution in [3.8, 4) is 0 Å². The van der Waals surface area contributed by atoms with Gasteiger partial charge in [-0.25, -0.2) is 0 Å². The van der Waals surface area contributed by atoms with Gasteiger partial charge in [0.05, 0.1) is 0 Å². The molecule has 0 bridgehead atoms. The lowest BCUT2D eigenvalue weighted by Gasteiger charge is -2.37. The molecule has 2 aliphatic carbocycles. The zero-order valence-corrected chi connectivity index (χ0v) is 14.8. The lowest BCUT2D eigenvalue weighted by atomic mass is 9.68. The molecule has 0 aliphatic heterocycles. The second kappa shape index (κ2) is 6.19. The summed E-state index contributed by atoms with van der Waals surface area (Å²) in [5, 5.41) is 10.3. The molecule has 128 valence electrons. The molecular formula is C21H26O3. The summed E-state index contributed by atoms with van der Waals surface area (Å²) in [7, 11) is 0. The Morgan fingerprint density at radius 3 is 2.04 bits per heavy atom. The minimum Gasteiger partial charge on any atom is -0.504 e. The molecule has 0 saturated heterocycles. The van der Waals surface area contributed by atoms with Crippen LogP contribution < -0.4 is 0 Å². The standard InChI is InChI=1S/C21H26O3/c1-21(2,3)14-10-8-13(9-11-14)12-17-18(22)15-6-4-5-7-16(15)19(23)20(17)24/h4-7,13-14,24H,8-12H2,1-3H3. The summed E-state index contributed by atoms with van der Waals surface area (Å²) in [6, 6.07) is 6.77. The van der Waals surface area contributed by atoms with E-state index in [0.29, 0.717) is 40.4 Å². The van der Waals surface area contributed by atoms with Crippen LogP contribution in [0.3, 0.4) is 0 Å². The van der Waals surface area contributed by atoms with Gasteiger partial charge in [-0.1, -0.05) is 45.0 Å². The van der Waals surface area contributed by atoms with Gasteiger partial charge in [-0.15, -0.1) is 0 Å². The van der Waals surface area contributed by atoms with Crippen LogP contribution in [0.25, 0.3) is 0 Å². The first-order chi connectivity index (χ1) is 11.3. The van der Waals surface area contributed by atoms with Gasteiger partial charge in [0.1, 0.15) is 0 Å². The van der Waals surface area contributed by atoms with Crippen molar-refractivity contribution in [2.24, 2.45) is 17.3 Å². The van der Waals surface area contributed by atoms with Crippen LogP contribution in [-0.4, -0.2) is 16.7 Å². The summed E-state index contributed by atoms with van der Waals surface area (Å²) < 4.78 is 0. The monoisotopic (exact) mass is 326 g/mol. The molecule has 3 heteroatoms. The first kappa shape index (κ1) is 16.9. The van der Waals surface area contributed by atoms with E-state index >= 15 is 0 Å². The lowest BCUT2D eigenvalue weighted by Crippen LogP contribution is -2.28. The van der Waals surface area contributed by atoms with E-state index in [1.165, 1.54) is 0 Å². The van der Waals surface area contributed by atoms with Crippen molar-refractivity contribution in [1.82, 2.24) is 0 Å². The van der Waals surface area contributed by atoms with Gasteiger partial charge in [0.25, 0.3) is 0 Å². The highest BCUT2D eigenvalue weighted by Crippen LogP contribution is 2.42. The van der Waals surface area contributed by atoms with E-state index in [9.17, 15) is 14.7 Å². The molecular weight excluding hydrogens is 300 g/mol. The average Bonchev–Trinajstić information content (AvgIpc) is 2.56. The molecule has 0 amide bonds. The van der Waals surface area contributed by atoms with Gasteiger partial charge in [-0.05, 0) is 49.4 Å². The third kappa shape index (κ3) is 3.04. The molecule has 1 fully saturated rings. The maximum absolute atomic E-state index is 12.7. The Morgan fingerprint density at radius 2 is 1.50 bits per heavy atom. The number of rotatable bonds is 2. The highest BCUT2D eigenvalue weighted by molar-refractivity contribution is 6.25. The second-order valence-electron chi connectivity index (χ2n) is 8.32. The molecule has 3 nitrogen and oxygen atoms in total. The lowest BCUT2D eigenvalue weighted by molar-refractivity contribution is 0.0918. The molecule has 0 atom stereocenters. The van der Waals surface area contributed by atoms with Crippen LogP contribution in [-0.2, 0) is 0 Å². The number of aliphatic hydroxyl groups excluding tert-OH is 1. The summed E-state index contributed by atoms with van der Waals surface area (Å²) in [6.45, 7) is 6.85. The van der Waals surface area contributed by atoms with E-state index in [0.717, 1.165) is 25.7 Å². The largest absolute Gasteiger partial charge is 0.504 e. The molecule has 0 unspecified atom stereocenters. The Morgan fingerprint density at radius 1 is 0.958 bits per heavy atom. The molecule has 1 N–H and O–H groups in total. The fourth-order valence-electron chi connectivity index (χ4n) is 4.12. The SMILES string of the molecule is CC(C)(C)C1CCC(CC2=C(O)C(=O)c3ccccc3C2=O)CC1. The summed E-state index contributed by atoms with van der Waals surface area (Å²) >= 11 is 0. The molecule has 0 aromatic heterocycles. The fourth-order valence-corrected chi connectivity index (χ4v) is 4.12. The van der Waals surface area contributed by atoms with Gasteiger partial charge in [0, 0.05) is 16.7 Å². The van der Waals surface area contributed by atoms with Crippen molar-refractivity contribution in [3.63, 3.8) is 0 Å². The number of aliphatic hydroxyl groups is 1. The number of carbonyl (C=O) groups excluding carboxylic acids is 2. The fraction of sp³-hybridized carbons (Fsp3) is 0.524. The number of benzene rings is 1. The highest BCUT2D eigenvalue weighted by Gasteiger charge is 2.35. The van der Waals surface area contributed by atoms with Gasteiger partial charge in [0.15, 0.2) is 11.5 Å². The number of Topliss-reactive ketones (excluding diaryl/α,β-unsaturated/α-hetero) is 2. The molecule has 0 heterocycles. The first-order valence-corrected chi connectivity index (χ1v) is 8.89. The Labute approximate surface area is 143 Å². The highest BCUT2D eigenvalue weighted by atomic mass is 16.3. The van der Waals surface area contributed by atoms with Gasteiger partial charge in [-0.2, -0.15) is 0 Å². The molecule has 0 spiro atoms. The van der Waals surface area contributed by atoms with E-state index in [-0.39, 0.29) is 11.5 Å². The predicted octanol–water partition coefficient (Wildman–Crippen LogP) is 5.12. The number of hydrogen-bond donors (Lipinski definition) is 1. The van der Waals surface area contributed by atoms with Crippen LogP contribution in [0, 0.1) is 17.3 Å². The topological polar surface area (TPSA) is 54.4 Å². The summed E-state index contributed by atoms with van der Waals surface area (Å²) in [5.41, 5.74) is 1.39. The predicted molar refractivity (Wildman–Crippen MR) is 94.3 cm³/mol. The zero-order chi connectivity index (χ0) is 17.5. The maximum atomic E-state index is 12.7. The van der Waals surface area contributed by atoms with Gasteiger partial charge >= 0.3 is 0 Å². The number of fused-ring (bicyclic) bond motifs is 1. The summed E-state index contributed by atoms with van der Waals surface area (Å²) in [5.74, 6) is 0.157. The summed E-state index contributed by atoms with van der Waals surface area (Å²) in [6.07, 6.45) is 4.94. The van der Waals surface area contributed by atoms with Crippen LogP contribution >= 0.6 is 0 Å². The Balaban J connectivity index is 1.76. The molecule has 1 saturated carbocycles. The Bertz CT molecular complexity index is 698. The number of carbonyl (C=O) groups is 2.